The fraction of sp³-hybridized carbons (Fsp3) is 1.00. The standard InChI is InChI=1S/C8H19O3P/c1-4-6-8(7(3)5-2)11-12(9)10/h7-10H,4-6H2,1-3H3. The number of hydrogen-bond donors (Lipinski definition) is 2. The molecule has 0 aliphatic rings. The van der Waals surface area contributed by atoms with E-state index in [1.54, 1.807) is 0 Å². The maximum absolute atomic E-state index is 8.69. The molecule has 0 aromatic heterocycles. The van der Waals surface area contributed by atoms with E-state index < -0.39 is 8.60 Å². The van der Waals surface area contributed by atoms with Crippen molar-refractivity contribution in [1.82, 2.24) is 0 Å². The van der Waals surface area contributed by atoms with Crippen molar-refractivity contribution in [2.45, 2.75) is 46.1 Å². The van der Waals surface area contributed by atoms with Crippen LogP contribution in [-0.2, 0) is 4.52 Å². The molecular weight excluding hydrogens is 175 g/mol. The third kappa shape index (κ3) is 5.04. The molecule has 0 saturated carbocycles. The minimum atomic E-state index is -2.19. The van der Waals surface area contributed by atoms with E-state index in [1.807, 2.05) is 0 Å². The van der Waals surface area contributed by atoms with Gasteiger partial charge in [0.15, 0.2) is 0 Å². The SMILES string of the molecule is CCCC(OP(O)O)C(C)CC. The zero-order chi connectivity index (χ0) is 9.56. The lowest BCUT2D eigenvalue weighted by molar-refractivity contribution is 0.111. The van der Waals surface area contributed by atoms with Crippen molar-refractivity contribution in [2.75, 3.05) is 0 Å². The molecule has 0 radical (unpaired) electrons. The molecule has 0 bridgehead atoms. The largest absolute Gasteiger partial charge is 0.328 e. The fourth-order valence-electron chi connectivity index (χ4n) is 1.11. The van der Waals surface area contributed by atoms with Gasteiger partial charge in [-0.15, -0.1) is 0 Å². The van der Waals surface area contributed by atoms with Crippen molar-refractivity contribution in [3.05, 3.63) is 0 Å². The first-order valence-corrected chi connectivity index (χ1v) is 5.62. The lowest BCUT2D eigenvalue weighted by Gasteiger charge is -2.22. The first-order chi connectivity index (χ1) is 5.61. The van der Waals surface area contributed by atoms with E-state index in [2.05, 4.69) is 20.8 Å². The van der Waals surface area contributed by atoms with Crippen molar-refractivity contribution in [3.63, 3.8) is 0 Å². The van der Waals surface area contributed by atoms with Crippen LogP contribution in [0.25, 0.3) is 0 Å². The quantitative estimate of drug-likeness (QED) is 0.638. The zero-order valence-corrected chi connectivity index (χ0v) is 8.92. The highest BCUT2D eigenvalue weighted by Crippen LogP contribution is 2.32. The van der Waals surface area contributed by atoms with Crippen LogP contribution in [-0.4, -0.2) is 15.9 Å². The van der Waals surface area contributed by atoms with Gasteiger partial charge < -0.3 is 14.3 Å². The molecule has 2 atom stereocenters. The van der Waals surface area contributed by atoms with E-state index in [0.29, 0.717) is 5.92 Å². The lowest BCUT2D eigenvalue weighted by Crippen LogP contribution is -2.19. The molecule has 0 aromatic rings. The van der Waals surface area contributed by atoms with Gasteiger partial charge in [0.2, 0.25) is 0 Å². The molecular formula is C8H19O3P. The molecule has 0 rings (SSSR count). The molecule has 3 nitrogen and oxygen atoms in total. The van der Waals surface area contributed by atoms with Gasteiger partial charge in [-0.05, 0) is 12.3 Å². The molecule has 0 heterocycles. The first kappa shape index (κ1) is 12.3. The second-order valence-corrected chi connectivity index (χ2v) is 3.79. The van der Waals surface area contributed by atoms with Gasteiger partial charge in [0, 0.05) is 0 Å². The van der Waals surface area contributed by atoms with E-state index in [4.69, 9.17) is 14.3 Å². The zero-order valence-electron chi connectivity index (χ0n) is 8.03. The highest BCUT2D eigenvalue weighted by atomic mass is 31.2. The highest BCUT2D eigenvalue weighted by molar-refractivity contribution is 7.39. The molecule has 0 spiro atoms. The summed E-state index contributed by atoms with van der Waals surface area (Å²) in [6, 6.07) is 0. The van der Waals surface area contributed by atoms with Crippen LogP contribution in [0.4, 0.5) is 0 Å². The van der Waals surface area contributed by atoms with Crippen LogP contribution in [0.1, 0.15) is 40.0 Å². The minimum Gasteiger partial charge on any atom is -0.328 e. The summed E-state index contributed by atoms with van der Waals surface area (Å²) in [6.45, 7) is 6.21. The molecule has 0 aliphatic carbocycles. The molecule has 0 aromatic carbocycles. The Morgan fingerprint density at radius 1 is 1.33 bits per heavy atom. The van der Waals surface area contributed by atoms with E-state index in [-0.39, 0.29) is 6.10 Å². The van der Waals surface area contributed by atoms with Crippen LogP contribution in [0.15, 0.2) is 0 Å². The second-order valence-electron chi connectivity index (χ2n) is 3.07. The third-order valence-electron chi connectivity index (χ3n) is 2.08. The van der Waals surface area contributed by atoms with Gasteiger partial charge in [-0.1, -0.05) is 33.6 Å². The fourth-order valence-corrected chi connectivity index (χ4v) is 1.67. The van der Waals surface area contributed by atoms with Gasteiger partial charge in [0.05, 0.1) is 6.10 Å². The highest BCUT2D eigenvalue weighted by Gasteiger charge is 2.18. The first-order valence-electron chi connectivity index (χ1n) is 4.46. The molecule has 0 amide bonds. The van der Waals surface area contributed by atoms with Crippen LogP contribution in [0, 0.1) is 5.92 Å². The van der Waals surface area contributed by atoms with E-state index >= 15 is 0 Å². The van der Waals surface area contributed by atoms with Crippen LogP contribution >= 0.6 is 8.60 Å². The summed E-state index contributed by atoms with van der Waals surface area (Å²) in [7, 11) is -2.19. The van der Waals surface area contributed by atoms with Gasteiger partial charge in [-0.25, -0.2) is 0 Å². The monoisotopic (exact) mass is 194 g/mol. The smallest absolute Gasteiger partial charge is 0.327 e. The summed E-state index contributed by atoms with van der Waals surface area (Å²) in [5, 5.41) is 0. The Balaban J connectivity index is 3.84. The Hall–Kier alpha value is 0.310. The van der Waals surface area contributed by atoms with E-state index in [1.165, 1.54) is 0 Å². The summed E-state index contributed by atoms with van der Waals surface area (Å²) in [5.41, 5.74) is 0. The molecule has 4 heteroatoms. The van der Waals surface area contributed by atoms with E-state index in [9.17, 15) is 0 Å². The summed E-state index contributed by atoms with van der Waals surface area (Å²) in [4.78, 5) is 17.4. The number of hydrogen-bond acceptors (Lipinski definition) is 3. The topological polar surface area (TPSA) is 49.7 Å². The minimum absolute atomic E-state index is 0.00103. The van der Waals surface area contributed by atoms with Crippen molar-refractivity contribution in [1.29, 1.82) is 0 Å². The van der Waals surface area contributed by atoms with Gasteiger partial charge in [-0.3, -0.25) is 0 Å². The lowest BCUT2D eigenvalue weighted by atomic mass is 9.98. The third-order valence-corrected chi connectivity index (χ3v) is 2.54. The van der Waals surface area contributed by atoms with Crippen molar-refractivity contribution in [3.8, 4) is 0 Å². The van der Waals surface area contributed by atoms with Crippen LogP contribution < -0.4 is 0 Å². The summed E-state index contributed by atoms with van der Waals surface area (Å²) in [6.07, 6.45) is 2.92. The van der Waals surface area contributed by atoms with Gasteiger partial charge in [0.25, 0.3) is 0 Å². The van der Waals surface area contributed by atoms with Crippen LogP contribution in [0.3, 0.4) is 0 Å². The Labute approximate surface area is 75.8 Å². The Morgan fingerprint density at radius 3 is 2.25 bits per heavy atom. The van der Waals surface area contributed by atoms with Crippen LogP contribution in [0.5, 0.6) is 0 Å². The summed E-state index contributed by atoms with van der Waals surface area (Å²) >= 11 is 0. The molecule has 74 valence electrons. The second kappa shape index (κ2) is 6.79. The van der Waals surface area contributed by atoms with Gasteiger partial charge in [-0.2, -0.15) is 0 Å². The summed E-state index contributed by atoms with van der Waals surface area (Å²) < 4.78 is 5.02. The number of rotatable bonds is 6. The van der Waals surface area contributed by atoms with Crippen LogP contribution in [0.2, 0.25) is 0 Å². The molecule has 0 aliphatic heterocycles. The van der Waals surface area contributed by atoms with Gasteiger partial charge in [0.1, 0.15) is 0 Å². The Kier molecular flexibility index (Phi) is 6.96. The van der Waals surface area contributed by atoms with Gasteiger partial charge >= 0.3 is 8.60 Å². The molecule has 2 unspecified atom stereocenters. The Bertz CT molecular complexity index is 108. The van der Waals surface area contributed by atoms with Crippen molar-refractivity contribution in [2.24, 2.45) is 5.92 Å². The predicted octanol–water partition coefficient (Wildman–Crippen LogP) is 2.43. The summed E-state index contributed by atoms with van der Waals surface area (Å²) in [5.74, 6) is 0.397. The average Bonchev–Trinajstić information content (AvgIpc) is 2.01. The predicted molar refractivity (Wildman–Crippen MR) is 50.6 cm³/mol. The molecule has 12 heavy (non-hydrogen) atoms. The molecule has 0 fully saturated rings. The normalized spacial score (nSPS) is 16.5. The average molecular weight is 194 g/mol. The molecule has 2 N–H and O–H groups in total. The maximum atomic E-state index is 8.69. The molecule has 0 saturated heterocycles. The van der Waals surface area contributed by atoms with Crippen molar-refractivity contribution >= 4 is 8.60 Å². The van der Waals surface area contributed by atoms with Crippen molar-refractivity contribution < 1.29 is 14.3 Å². The van der Waals surface area contributed by atoms with E-state index in [0.717, 1.165) is 19.3 Å². The Morgan fingerprint density at radius 2 is 1.92 bits per heavy atom. The maximum Gasteiger partial charge on any atom is 0.327 e.